The Morgan fingerprint density at radius 3 is 2.60 bits per heavy atom. The van der Waals surface area contributed by atoms with E-state index in [1.54, 1.807) is 18.2 Å². The molecule has 5 aromatic rings. The van der Waals surface area contributed by atoms with E-state index in [2.05, 4.69) is 41.4 Å². The molecule has 43 heavy (non-hydrogen) atoms. The number of urea groups is 1. The number of thiophene rings is 1. The third-order valence-corrected chi connectivity index (χ3v) is 8.90. The number of para-hydroxylation sites is 1. The molecule has 0 aliphatic carbocycles. The van der Waals surface area contributed by atoms with Crippen LogP contribution >= 0.6 is 27.3 Å². The molecule has 0 unspecified atom stereocenters. The summed E-state index contributed by atoms with van der Waals surface area (Å²) in [6.45, 7) is 4.15. The molecule has 216 valence electrons. The molecular formula is C31H25BrN6O4S. The van der Waals surface area contributed by atoms with E-state index < -0.39 is 6.03 Å². The summed E-state index contributed by atoms with van der Waals surface area (Å²) in [4.78, 5) is 40.5. The van der Waals surface area contributed by atoms with Crippen LogP contribution in [0.2, 0.25) is 0 Å². The van der Waals surface area contributed by atoms with Gasteiger partial charge < -0.3 is 20.1 Å². The van der Waals surface area contributed by atoms with Crippen LogP contribution in [0.3, 0.4) is 0 Å². The number of aromatic nitrogens is 2. The fourth-order valence-corrected chi connectivity index (χ4v) is 6.53. The van der Waals surface area contributed by atoms with E-state index in [4.69, 9.17) is 9.47 Å². The minimum absolute atomic E-state index is 0.330. The van der Waals surface area contributed by atoms with E-state index in [-0.39, 0.29) is 5.91 Å². The van der Waals surface area contributed by atoms with Gasteiger partial charge in [0, 0.05) is 25.3 Å². The van der Waals surface area contributed by atoms with E-state index in [0.29, 0.717) is 53.9 Å². The summed E-state index contributed by atoms with van der Waals surface area (Å²) < 4.78 is 12.1. The third kappa shape index (κ3) is 5.57. The topological polar surface area (TPSA) is 109 Å². The van der Waals surface area contributed by atoms with Crippen LogP contribution in [-0.2, 0) is 11.3 Å². The molecule has 2 N–H and O–H groups in total. The van der Waals surface area contributed by atoms with Crippen LogP contribution in [-0.4, -0.2) is 53.1 Å². The molecule has 1 saturated heterocycles. The maximum absolute atomic E-state index is 13.5. The molecule has 3 amide bonds. The molecule has 2 aliphatic heterocycles. The van der Waals surface area contributed by atoms with Crippen LogP contribution in [0.5, 0.6) is 11.5 Å². The number of halogens is 1. The van der Waals surface area contributed by atoms with E-state index >= 15 is 0 Å². The highest BCUT2D eigenvalue weighted by molar-refractivity contribution is 9.10. The first-order valence-electron chi connectivity index (χ1n) is 13.6. The van der Waals surface area contributed by atoms with E-state index in [1.807, 2.05) is 54.6 Å². The van der Waals surface area contributed by atoms with Gasteiger partial charge in [-0.25, -0.2) is 19.7 Å². The number of anilines is 4. The lowest BCUT2D eigenvalue weighted by molar-refractivity contribution is 0.0342. The van der Waals surface area contributed by atoms with E-state index in [9.17, 15) is 9.59 Å². The Bertz CT molecular complexity index is 1830. The number of carbonyl (C=O) groups excluding carboxylic acids is 2. The summed E-state index contributed by atoms with van der Waals surface area (Å²) in [6.07, 6.45) is 1.40. The number of amides is 3. The first-order valence-corrected chi connectivity index (χ1v) is 15.3. The van der Waals surface area contributed by atoms with Gasteiger partial charge in [-0.05, 0) is 64.0 Å². The smallest absolute Gasteiger partial charge is 0.332 e. The van der Waals surface area contributed by atoms with Crippen molar-refractivity contribution in [3.63, 3.8) is 0 Å². The van der Waals surface area contributed by atoms with Gasteiger partial charge in [-0.3, -0.25) is 9.69 Å². The van der Waals surface area contributed by atoms with Crippen LogP contribution in [0.15, 0.2) is 83.6 Å². The van der Waals surface area contributed by atoms with Gasteiger partial charge in [0.25, 0.3) is 5.91 Å². The monoisotopic (exact) mass is 656 g/mol. The SMILES string of the molecule is O=C(Nc1ccc(CN2CCOCC2)cc1)c1sc2ncnc3c2c1NC(=O)N3c1ccc(Oc2ccccc2)c(Br)c1. The predicted molar refractivity (Wildman–Crippen MR) is 170 cm³/mol. The van der Waals surface area contributed by atoms with Crippen LogP contribution in [0, 0.1) is 0 Å². The molecule has 7 rings (SSSR count). The van der Waals surface area contributed by atoms with Gasteiger partial charge in [-0.15, -0.1) is 11.3 Å². The molecule has 2 aliphatic rings. The molecule has 0 spiro atoms. The van der Waals surface area contributed by atoms with Gasteiger partial charge in [-0.1, -0.05) is 30.3 Å². The Labute approximate surface area is 259 Å². The molecule has 4 heterocycles. The highest BCUT2D eigenvalue weighted by atomic mass is 79.9. The molecule has 10 nitrogen and oxygen atoms in total. The average molecular weight is 658 g/mol. The van der Waals surface area contributed by atoms with Crippen molar-refractivity contribution in [2.24, 2.45) is 0 Å². The first kappa shape index (κ1) is 27.5. The standard InChI is InChI=1S/C31H25BrN6O4S/c32-23-16-21(10-11-24(23)42-22-4-2-1-3-5-22)38-28-25-26(36-31(38)40)27(43-30(25)34-18-33-28)29(39)35-20-8-6-19(7-9-20)17-37-12-14-41-15-13-37/h1-11,16,18H,12-15,17H2,(H,35,39)(H,36,40). The summed E-state index contributed by atoms with van der Waals surface area (Å²) >= 11 is 4.78. The second-order valence-corrected chi connectivity index (χ2v) is 11.9. The van der Waals surface area contributed by atoms with Crippen molar-refractivity contribution in [1.29, 1.82) is 0 Å². The third-order valence-electron chi connectivity index (χ3n) is 7.19. The van der Waals surface area contributed by atoms with Gasteiger partial charge in [0.15, 0.2) is 5.82 Å². The fourth-order valence-electron chi connectivity index (χ4n) is 5.09. The second kappa shape index (κ2) is 11.7. The lowest BCUT2D eigenvalue weighted by Crippen LogP contribution is -2.35. The molecule has 1 fully saturated rings. The van der Waals surface area contributed by atoms with Gasteiger partial charge in [0.05, 0.1) is 34.4 Å². The lowest BCUT2D eigenvalue weighted by Gasteiger charge is -2.27. The number of hydrogen-bond donors (Lipinski definition) is 2. The summed E-state index contributed by atoms with van der Waals surface area (Å²) in [5.41, 5.74) is 2.81. The van der Waals surface area contributed by atoms with Crippen LogP contribution in [0.1, 0.15) is 15.2 Å². The highest BCUT2D eigenvalue weighted by Crippen LogP contribution is 2.45. The van der Waals surface area contributed by atoms with Crippen molar-refractivity contribution in [3.8, 4) is 11.5 Å². The summed E-state index contributed by atoms with van der Waals surface area (Å²) in [5.74, 6) is 1.37. The summed E-state index contributed by atoms with van der Waals surface area (Å²) in [5, 5.41) is 6.49. The molecule has 0 bridgehead atoms. The van der Waals surface area contributed by atoms with Crippen LogP contribution in [0.4, 0.5) is 27.7 Å². The van der Waals surface area contributed by atoms with Gasteiger partial charge in [-0.2, -0.15) is 0 Å². The number of nitrogens with one attached hydrogen (secondary N) is 2. The van der Waals surface area contributed by atoms with Crippen molar-refractivity contribution in [3.05, 3.63) is 94.0 Å². The zero-order valence-electron chi connectivity index (χ0n) is 22.7. The first-order chi connectivity index (χ1) is 21.0. The quantitative estimate of drug-likeness (QED) is 0.194. The normalized spacial score (nSPS) is 14.9. The minimum Gasteiger partial charge on any atom is -0.456 e. The molecule has 3 aromatic carbocycles. The number of rotatable bonds is 7. The predicted octanol–water partition coefficient (Wildman–Crippen LogP) is 7.01. The van der Waals surface area contributed by atoms with Crippen LogP contribution < -0.4 is 20.3 Å². The van der Waals surface area contributed by atoms with Crippen molar-refractivity contribution in [2.45, 2.75) is 6.54 Å². The number of nitrogens with zero attached hydrogens (tertiary/aromatic N) is 4. The fraction of sp³-hybridized carbons (Fsp3) is 0.161. The van der Waals surface area contributed by atoms with E-state index in [1.165, 1.54) is 22.6 Å². The number of carbonyl (C=O) groups is 2. The largest absolute Gasteiger partial charge is 0.456 e. The lowest BCUT2D eigenvalue weighted by atomic mass is 10.1. The second-order valence-electron chi connectivity index (χ2n) is 10.0. The van der Waals surface area contributed by atoms with Crippen molar-refractivity contribution < 1.29 is 19.1 Å². The van der Waals surface area contributed by atoms with Crippen molar-refractivity contribution >= 4 is 72.3 Å². The summed E-state index contributed by atoms with van der Waals surface area (Å²) in [6, 6.07) is 22.2. The maximum Gasteiger partial charge on any atom is 0.332 e. The number of morpholine rings is 1. The Morgan fingerprint density at radius 2 is 1.84 bits per heavy atom. The molecule has 0 saturated carbocycles. The number of benzene rings is 3. The minimum atomic E-state index is -0.434. The van der Waals surface area contributed by atoms with Gasteiger partial charge in [0.2, 0.25) is 0 Å². The molecule has 12 heteroatoms. The molecule has 0 radical (unpaired) electrons. The maximum atomic E-state index is 13.5. The Hall–Kier alpha value is -4.36. The molecule has 2 aromatic heterocycles. The van der Waals surface area contributed by atoms with Gasteiger partial charge >= 0.3 is 6.03 Å². The van der Waals surface area contributed by atoms with Gasteiger partial charge in [0.1, 0.15) is 27.5 Å². The zero-order valence-corrected chi connectivity index (χ0v) is 25.2. The van der Waals surface area contributed by atoms with Crippen molar-refractivity contribution in [1.82, 2.24) is 14.9 Å². The van der Waals surface area contributed by atoms with Crippen molar-refractivity contribution in [2.75, 3.05) is 41.8 Å². The number of ether oxygens (including phenoxy) is 2. The Morgan fingerprint density at radius 1 is 1.05 bits per heavy atom. The van der Waals surface area contributed by atoms with Crippen LogP contribution in [0.25, 0.3) is 10.2 Å². The molecular weight excluding hydrogens is 632 g/mol. The Kier molecular flexibility index (Phi) is 7.49. The average Bonchev–Trinajstić information content (AvgIpc) is 3.40. The number of hydrogen-bond acceptors (Lipinski definition) is 8. The highest BCUT2D eigenvalue weighted by Gasteiger charge is 2.34. The molecule has 0 atom stereocenters. The zero-order chi connectivity index (χ0) is 29.3. The summed E-state index contributed by atoms with van der Waals surface area (Å²) in [7, 11) is 0. The van der Waals surface area contributed by atoms with E-state index in [0.717, 1.165) is 38.4 Å². The Balaban J connectivity index is 1.13.